The number of nitrogens with one attached hydrogen (secondary N) is 1. The Morgan fingerprint density at radius 1 is 1.24 bits per heavy atom. The molecule has 0 saturated carbocycles. The number of Topliss-reactive ketones (excluding diaryl/α,β-unsaturated/α-hetero) is 1. The van der Waals surface area contributed by atoms with Gasteiger partial charge in [0.25, 0.3) is 0 Å². The predicted octanol–water partition coefficient (Wildman–Crippen LogP) is 1.39. The molecule has 1 saturated heterocycles. The Balaban J connectivity index is 1.85. The number of ether oxygens (including phenoxy) is 2. The molecule has 0 amide bonds. The van der Waals surface area contributed by atoms with E-state index in [2.05, 4.69) is 5.32 Å². The normalized spacial score (nSPS) is 22.5. The Morgan fingerprint density at radius 3 is 2.82 bits per heavy atom. The summed E-state index contributed by atoms with van der Waals surface area (Å²) in [4.78, 5) is 12.2. The van der Waals surface area contributed by atoms with E-state index in [1.807, 2.05) is 12.1 Å². The van der Waals surface area contributed by atoms with Crippen LogP contribution in [0.15, 0.2) is 18.2 Å². The zero-order valence-electron chi connectivity index (χ0n) is 9.57. The third-order valence-corrected chi connectivity index (χ3v) is 3.20. The number of ketones is 1. The molecule has 0 aromatic heterocycles. The summed E-state index contributed by atoms with van der Waals surface area (Å²) in [5, 5.41) is 3.21. The topological polar surface area (TPSA) is 47.6 Å². The molecular formula is C13H15NO3. The first-order valence-electron chi connectivity index (χ1n) is 6.02. The van der Waals surface area contributed by atoms with Crippen molar-refractivity contribution in [3.63, 3.8) is 0 Å². The van der Waals surface area contributed by atoms with Crippen molar-refractivity contribution in [2.45, 2.75) is 18.9 Å². The van der Waals surface area contributed by atoms with Crippen molar-refractivity contribution < 1.29 is 14.3 Å². The molecule has 3 rings (SSSR count). The van der Waals surface area contributed by atoms with Crippen LogP contribution in [0.1, 0.15) is 23.2 Å². The van der Waals surface area contributed by atoms with Gasteiger partial charge < -0.3 is 14.8 Å². The Bertz CT molecular complexity index is 438. The monoisotopic (exact) mass is 233 g/mol. The number of fused-ring (bicyclic) bond motifs is 1. The third-order valence-electron chi connectivity index (χ3n) is 3.20. The van der Waals surface area contributed by atoms with Gasteiger partial charge >= 0.3 is 0 Å². The maximum absolute atomic E-state index is 12.2. The van der Waals surface area contributed by atoms with Crippen LogP contribution in [0.5, 0.6) is 11.5 Å². The molecule has 4 nitrogen and oxygen atoms in total. The van der Waals surface area contributed by atoms with Crippen LogP contribution in [0.2, 0.25) is 0 Å². The van der Waals surface area contributed by atoms with Crippen molar-refractivity contribution in [3.8, 4) is 11.5 Å². The molecule has 1 fully saturated rings. The van der Waals surface area contributed by atoms with E-state index in [4.69, 9.17) is 9.47 Å². The molecular weight excluding hydrogens is 218 g/mol. The standard InChI is InChI=1S/C13H15NO3/c15-13(10-2-1-5-14-10)9-3-4-11-12(8-9)17-7-6-16-11/h3-4,8,10,14H,1-2,5-7H2. The van der Waals surface area contributed by atoms with Crippen LogP contribution in [-0.2, 0) is 0 Å². The van der Waals surface area contributed by atoms with E-state index in [0.717, 1.165) is 25.1 Å². The van der Waals surface area contributed by atoms with Gasteiger partial charge in [-0.2, -0.15) is 0 Å². The van der Waals surface area contributed by atoms with Crippen LogP contribution in [0, 0.1) is 0 Å². The lowest BCUT2D eigenvalue weighted by atomic mass is 10.0. The summed E-state index contributed by atoms with van der Waals surface area (Å²) >= 11 is 0. The molecule has 0 aliphatic carbocycles. The lowest BCUT2D eigenvalue weighted by Gasteiger charge is -2.19. The van der Waals surface area contributed by atoms with Crippen LogP contribution in [0.25, 0.3) is 0 Å². The fourth-order valence-corrected chi connectivity index (χ4v) is 2.31. The summed E-state index contributed by atoms with van der Waals surface area (Å²) in [5.74, 6) is 1.56. The molecule has 0 spiro atoms. The van der Waals surface area contributed by atoms with Crippen molar-refractivity contribution in [2.75, 3.05) is 19.8 Å². The number of hydrogen-bond acceptors (Lipinski definition) is 4. The van der Waals surface area contributed by atoms with Crippen molar-refractivity contribution in [1.82, 2.24) is 5.32 Å². The summed E-state index contributed by atoms with van der Waals surface area (Å²) < 4.78 is 10.9. The van der Waals surface area contributed by atoms with Gasteiger partial charge in [0.05, 0.1) is 6.04 Å². The van der Waals surface area contributed by atoms with E-state index < -0.39 is 0 Å². The molecule has 1 atom stereocenters. The molecule has 2 aliphatic heterocycles. The quantitative estimate of drug-likeness (QED) is 0.784. The molecule has 1 aromatic carbocycles. The van der Waals surface area contributed by atoms with E-state index in [1.54, 1.807) is 6.07 Å². The van der Waals surface area contributed by atoms with Crippen LogP contribution in [0.3, 0.4) is 0 Å². The largest absolute Gasteiger partial charge is 0.486 e. The van der Waals surface area contributed by atoms with Gasteiger partial charge in [-0.1, -0.05) is 0 Å². The second-order valence-electron chi connectivity index (χ2n) is 4.37. The highest BCUT2D eigenvalue weighted by molar-refractivity contribution is 6.00. The third kappa shape index (κ3) is 2.00. The first-order chi connectivity index (χ1) is 8.34. The van der Waals surface area contributed by atoms with Gasteiger partial charge in [-0.25, -0.2) is 0 Å². The van der Waals surface area contributed by atoms with E-state index in [1.165, 1.54) is 0 Å². The number of rotatable bonds is 2. The van der Waals surface area contributed by atoms with Crippen LogP contribution in [0.4, 0.5) is 0 Å². The van der Waals surface area contributed by atoms with Gasteiger partial charge in [0.2, 0.25) is 0 Å². The first kappa shape index (κ1) is 10.6. The summed E-state index contributed by atoms with van der Waals surface area (Å²) in [7, 11) is 0. The molecule has 2 aliphatic rings. The minimum atomic E-state index is -0.0300. The average molecular weight is 233 g/mol. The van der Waals surface area contributed by atoms with Gasteiger partial charge in [-0.05, 0) is 37.6 Å². The zero-order valence-corrected chi connectivity index (χ0v) is 9.57. The molecule has 2 heterocycles. The van der Waals surface area contributed by atoms with E-state index in [0.29, 0.717) is 24.5 Å². The molecule has 17 heavy (non-hydrogen) atoms. The molecule has 1 N–H and O–H groups in total. The summed E-state index contributed by atoms with van der Waals surface area (Å²) in [5.41, 5.74) is 0.702. The number of hydrogen-bond donors (Lipinski definition) is 1. The smallest absolute Gasteiger partial charge is 0.179 e. The molecule has 0 bridgehead atoms. The molecule has 1 unspecified atom stereocenters. The Kier molecular flexibility index (Phi) is 2.73. The number of carbonyl (C=O) groups excluding carboxylic acids is 1. The van der Waals surface area contributed by atoms with Crippen LogP contribution >= 0.6 is 0 Å². The van der Waals surface area contributed by atoms with E-state index >= 15 is 0 Å². The fourth-order valence-electron chi connectivity index (χ4n) is 2.31. The van der Waals surface area contributed by atoms with Gasteiger partial charge in [0.15, 0.2) is 17.3 Å². The average Bonchev–Trinajstić information content (AvgIpc) is 2.91. The molecule has 1 aromatic rings. The highest BCUT2D eigenvalue weighted by Gasteiger charge is 2.24. The van der Waals surface area contributed by atoms with Crippen molar-refractivity contribution in [1.29, 1.82) is 0 Å². The minimum Gasteiger partial charge on any atom is -0.486 e. The summed E-state index contributed by atoms with van der Waals surface area (Å²) in [6.45, 7) is 2.05. The Hall–Kier alpha value is -1.55. The Labute approximate surface area is 99.9 Å². The molecule has 4 heteroatoms. The summed E-state index contributed by atoms with van der Waals surface area (Å²) in [6, 6.07) is 5.39. The maximum atomic E-state index is 12.2. The molecule has 0 radical (unpaired) electrons. The van der Waals surface area contributed by atoms with E-state index in [-0.39, 0.29) is 11.8 Å². The number of carbonyl (C=O) groups is 1. The highest BCUT2D eigenvalue weighted by Crippen LogP contribution is 2.31. The van der Waals surface area contributed by atoms with Gasteiger partial charge in [0.1, 0.15) is 13.2 Å². The lowest BCUT2D eigenvalue weighted by molar-refractivity contribution is 0.0951. The van der Waals surface area contributed by atoms with Crippen LogP contribution in [-0.4, -0.2) is 31.6 Å². The van der Waals surface area contributed by atoms with Crippen LogP contribution < -0.4 is 14.8 Å². The maximum Gasteiger partial charge on any atom is 0.179 e. The van der Waals surface area contributed by atoms with Crippen molar-refractivity contribution in [3.05, 3.63) is 23.8 Å². The van der Waals surface area contributed by atoms with Gasteiger partial charge in [-0.15, -0.1) is 0 Å². The fraction of sp³-hybridized carbons (Fsp3) is 0.462. The predicted molar refractivity (Wildman–Crippen MR) is 62.8 cm³/mol. The molecule has 90 valence electrons. The van der Waals surface area contributed by atoms with Gasteiger partial charge in [-0.3, -0.25) is 4.79 Å². The SMILES string of the molecule is O=C(c1ccc2c(c1)OCCO2)C1CCCN1. The minimum absolute atomic E-state index is 0.0300. The highest BCUT2D eigenvalue weighted by atomic mass is 16.6. The second kappa shape index (κ2) is 4.37. The second-order valence-corrected chi connectivity index (χ2v) is 4.37. The Morgan fingerprint density at radius 2 is 2.06 bits per heavy atom. The van der Waals surface area contributed by atoms with Crippen molar-refractivity contribution >= 4 is 5.78 Å². The van der Waals surface area contributed by atoms with E-state index in [9.17, 15) is 4.79 Å². The summed E-state index contributed by atoms with van der Waals surface area (Å²) in [6.07, 6.45) is 1.99. The number of benzene rings is 1. The first-order valence-corrected chi connectivity index (χ1v) is 6.02. The van der Waals surface area contributed by atoms with Crippen molar-refractivity contribution in [2.24, 2.45) is 0 Å². The van der Waals surface area contributed by atoms with Gasteiger partial charge in [0, 0.05) is 5.56 Å². The lowest BCUT2D eigenvalue weighted by Crippen LogP contribution is -2.30. The zero-order chi connectivity index (χ0) is 11.7.